The summed E-state index contributed by atoms with van der Waals surface area (Å²) in [7, 11) is 0. The smallest absolute Gasteiger partial charge is 0.108 e. The van der Waals surface area contributed by atoms with Crippen LogP contribution in [0.2, 0.25) is 0 Å². The summed E-state index contributed by atoms with van der Waals surface area (Å²) in [4.78, 5) is 2.41. The van der Waals surface area contributed by atoms with Gasteiger partial charge in [0.25, 0.3) is 0 Å². The fraction of sp³-hybridized carbons (Fsp3) is 0.923. The normalized spacial score (nSPS) is 25.0. The summed E-state index contributed by atoms with van der Waals surface area (Å²) in [6.45, 7) is 6.65. The van der Waals surface area contributed by atoms with Crippen molar-refractivity contribution in [2.75, 3.05) is 13.1 Å². The Kier molecular flexibility index (Phi) is 5.81. The maximum atomic E-state index is 7.63. The van der Waals surface area contributed by atoms with Gasteiger partial charge in [-0.15, -0.1) is 0 Å². The van der Waals surface area contributed by atoms with E-state index < -0.39 is 0 Å². The molecule has 0 saturated carbocycles. The molecule has 3 nitrogen and oxygen atoms in total. The third-order valence-electron chi connectivity index (χ3n) is 3.77. The van der Waals surface area contributed by atoms with E-state index in [1.807, 2.05) is 0 Å². The Morgan fingerprint density at radius 2 is 2.12 bits per heavy atom. The van der Waals surface area contributed by atoms with Crippen LogP contribution in [0.5, 0.6) is 0 Å². The molecule has 1 saturated heterocycles. The Morgan fingerprint density at radius 3 is 2.69 bits per heavy atom. The number of amidine groups is 1. The molecule has 0 aromatic heterocycles. The van der Waals surface area contributed by atoms with Gasteiger partial charge in [-0.2, -0.15) is 0 Å². The van der Waals surface area contributed by atoms with E-state index in [0.717, 1.165) is 25.4 Å². The summed E-state index contributed by atoms with van der Waals surface area (Å²) in [6.07, 6.45) is 7.55. The molecule has 1 aliphatic rings. The highest BCUT2D eigenvalue weighted by atomic mass is 15.2. The molecule has 94 valence electrons. The molecule has 0 aliphatic carbocycles. The van der Waals surface area contributed by atoms with E-state index in [0.29, 0.717) is 5.84 Å². The van der Waals surface area contributed by atoms with Crippen LogP contribution in [0.4, 0.5) is 0 Å². The molecule has 0 spiro atoms. The minimum Gasteiger partial charge on any atom is -0.386 e. The van der Waals surface area contributed by atoms with Crippen LogP contribution in [-0.2, 0) is 0 Å². The first-order valence-electron chi connectivity index (χ1n) is 6.77. The van der Waals surface area contributed by atoms with Crippen molar-refractivity contribution in [2.24, 2.45) is 11.7 Å². The molecule has 16 heavy (non-hydrogen) atoms. The van der Waals surface area contributed by atoms with Crippen LogP contribution < -0.4 is 5.73 Å². The zero-order valence-corrected chi connectivity index (χ0v) is 10.8. The van der Waals surface area contributed by atoms with E-state index in [-0.39, 0.29) is 6.04 Å². The summed E-state index contributed by atoms with van der Waals surface area (Å²) in [5, 5.41) is 7.63. The van der Waals surface area contributed by atoms with Crippen LogP contribution in [0, 0.1) is 11.3 Å². The standard InChI is InChI=1S/C13H27N3/c1-3-6-11-7-5-9-16(10-8-11)12(4-2)13(14)15/h11-12H,3-10H2,1-2H3,(H3,14,15). The van der Waals surface area contributed by atoms with E-state index in [1.165, 1.54) is 32.1 Å². The first-order chi connectivity index (χ1) is 7.69. The molecule has 0 bridgehead atoms. The maximum Gasteiger partial charge on any atom is 0.108 e. The summed E-state index contributed by atoms with van der Waals surface area (Å²) < 4.78 is 0. The van der Waals surface area contributed by atoms with E-state index in [9.17, 15) is 0 Å². The van der Waals surface area contributed by atoms with Crippen molar-refractivity contribution in [3.63, 3.8) is 0 Å². The lowest BCUT2D eigenvalue weighted by Gasteiger charge is -2.28. The largest absolute Gasteiger partial charge is 0.386 e. The summed E-state index contributed by atoms with van der Waals surface area (Å²) >= 11 is 0. The molecule has 0 amide bonds. The molecule has 2 unspecified atom stereocenters. The van der Waals surface area contributed by atoms with Gasteiger partial charge in [0.2, 0.25) is 0 Å². The van der Waals surface area contributed by atoms with Crippen LogP contribution in [0.25, 0.3) is 0 Å². The SMILES string of the molecule is CCCC1CCCN(C(CC)C(=N)N)CC1. The number of rotatable bonds is 5. The lowest BCUT2D eigenvalue weighted by Crippen LogP contribution is -2.44. The fourth-order valence-corrected chi connectivity index (χ4v) is 2.87. The number of nitrogens with one attached hydrogen (secondary N) is 1. The van der Waals surface area contributed by atoms with Crippen LogP contribution in [-0.4, -0.2) is 29.9 Å². The van der Waals surface area contributed by atoms with Crippen LogP contribution in [0.1, 0.15) is 52.4 Å². The first kappa shape index (κ1) is 13.5. The van der Waals surface area contributed by atoms with Crippen molar-refractivity contribution in [1.29, 1.82) is 5.41 Å². The molecule has 3 heteroatoms. The Bertz CT molecular complexity index is 215. The zero-order chi connectivity index (χ0) is 12.0. The second-order valence-electron chi connectivity index (χ2n) is 5.00. The van der Waals surface area contributed by atoms with Crippen LogP contribution in [0.3, 0.4) is 0 Å². The van der Waals surface area contributed by atoms with Crippen molar-refractivity contribution in [2.45, 2.75) is 58.4 Å². The number of nitrogens with zero attached hydrogens (tertiary/aromatic N) is 1. The van der Waals surface area contributed by atoms with Gasteiger partial charge in [0.15, 0.2) is 0 Å². The summed E-state index contributed by atoms with van der Waals surface area (Å²) in [5.74, 6) is 1.25. The third-order valence-corrected chi connectivity index (χ3v) is 3.77. The molecule has 0 aromatic rings. The lowest BCUT2D eigenvalue weighted by molar-refractivity contribution is 0.240. The minimum absolute atomic E-state index is 0.181. The second kappa shape index (κ2) is 6.89. The molecule has 0 radical (unpaired) electrons. The van der Waals surface area contributed by atoms with Gasteiger partial charge in [-0.3, -0.25) is 10.3 Å². The van der Waals surface area contributed by atoms with Gasteiger partial charge >= 0.3 is 0 Å². The second-order valence-corrected chi connectivity index (χ2v) is 5.00. The van der Waals surface area contributed by atoms with Crippen LogP contribution >= 0.6 is 0 Å². The van der Waals surface area contributed by atoms with E-state index >= 15 is 0 Å². The minimum atomic E-state index is 0.181. The van der Waals surface area contributed by atoms with Gasteiger partial charge in [0.05, 0.1) is 6.04 Å². The topological polar surface area (TPSA) is 53.1 Å². The average molecular weight is 225 g/mol. The highest BCUT2D eigenvalue weighted by molar-refractivity contribution is 5.82. The van der Waals surface area contributed by atoms with Gasteiger partial charge in [-0.25, -0.2) is 0 Å². The number of nitrogens with two attached hydrogens (primary N) is 1. The van der Waals surface area contributed by atoms with Gasteiger partial charge in [-0.1, -0.05) is 26.7 Å². The number of hydrogen-bond acceptors (Lipinski definition) is 2. The maximum absolute atomic E-state index is 7.63. The number of likely N-dealkylation sites (tertiary alicyclic amines) is 1. The lowest BCUT2D eigenvalue weighted by atomic mass is 9.96. The van der Waals surface area contributed by atoms with Crippen molar-refractivity contribution in [1.82, 2.24) is 4.90 Å². The monoisotopic (exact) mass is 225 g/mol. The summed E-state index contributed by atoms with van der Waals surface area (Å²) in [5.41, 5.74) is 5.66. The highest BCUT2D eigenvalue weighted by Gasteiger charge is 2.23. The first-order valence-corrected chi connectivity index (χ1v) is 6.77. The van der Waals surface area contributed by atoms with Crippen LogP contribution in [0.15, 0.2) is 0 Å². The molecular formula is C13H27N3. The predicted octanol–water partition coefficient (Wildman–Crippen LogP) is 2.60. The van der Waals surface area contributed by atoms with Crippen molar-refractivity contribution in [3.8, 4) is 0 Å². The molecule has 3 N–H and O–H groups in total. The van der Waals surface area contributed by atoms with Gasteiger partial charge in [0, 0.05) is 0 Å². The summed E-state index contributed by atoms with van der Waals surface area (Å²) in [6, 6.07) is 0.181. The quantitative estimate of drug-likeness (QED) is 0.558. The highest BCUT2D eigenvalue weighted by Crippen LogP contribution is 2.23. The van der Waals surface area contributed by atoms with Crippen molar-refractivity contribution < 1.29 is 0 Å². The van der Waals surface area contributed by atoms with E-state index in [1.54, 1.807) is 0 Å². The van der Waals surface area contributed by atoms with Gasteiger partial charge < -0.3 is 5.73 Å². The van der Waals surface area contributed by atoms with Crippen molar-refractivity contribution in [3.05, 3.63) is 0 Å². The van der Waals surface area contributed by atoms with Gasteiger partial charge in [-0.05, 0) is 44.7 Å². The average Bonchev–Trinajstić information content (AvgIpc) is 2.46. The van der Waals surface area contributed by atoms with E-state index in [2.05, 4.69) is 18.7 Å². The zero-order valence-electron chi connectivity index (χ0n) is 10.8. The van der Waals surface area contributed by atoms with E-state index in [4.69, 9.17) is 11.1 Å². The predicted molar refractivity (Wildman–Crippen MR) is 69.8 cm³/mol. The molecule has 0 aromatic carbocycles. The number of hydrogen-bond donors (Lipinski definition) is 2. The molecule has 1 heterocycles. The molecule has 1 aliphatic heterocycles. The third kappa shape index (κ3) is 3.78. The fourth-order valence-electron chi connectivity index (χ4n) is 2.87. The molecule has 2 atom stereocenters. The van der Waals surface area contributed by atoms with Gasteiger partial charge in [0.1, 0.15) is 5.84 Å². The van der Waals surface area contributed by atoms with Crippen molar-refractivity contribution >= 4 is 5.84 Å². The Balaban J connectivity index is 2.48. The Labute approximate surface area is 99.9 Å². The molecule has 1 fully saturated rings. The Hall–Kier alpha value is -0.570. The Morgan fingerprint density at radius 1 is 1.38 bits per heavy atom. The molecule has 1 rings (SSSR count). The molecular weight excluding hydrogens is 198 g/mol.